The zero-order chi connectivity index (χ0) is 17.5. The molecule has 1 saturated carbocycles. The van der Waals surface area contributed by atoms with Crippen LogP contribution in [0.1, 0.15) is 31.7 Å². The van der Waals surface area contributed by atoms with Crippen molar-refractivity contribution in [3.8, 4) is 5.75 Å². The first-order valence-electron chi connectivity index (χ1n) is 8.03. The first-order valence-corrected chi connectivity index (χ1v) is 9.64. The van der Waals surface area contributed by atoms with E-state index in [1.807, 2.05) is 0 Å². The van der Waals surface area contributed by atoms with Crippen LogP contribution in [0.3, 0.4) is 0 Å². The SMILES string of the molecule is CCS(=O)(=O)N1[C@H]2CC[C@@H](C2)[C@@H]1COc1cccc(C(F)(F)F)c1. The van der Waals surface area contributed by atoms with E-state index in [1.54, 1.807) is 6.92 Å². The number of piperidine rings is 1. The minimum absolute atomic E-state index is 0.00931. The van der Waals surface area contributed by atoms with Gasteiger partial charge in [-0.1, -0.05) is 6.07 Å². The zero-order valence-corrected chi connectivity index (χ0v) is 14.1. The Morgan fingerprint density at radius 3 is 2.71 bits per heavy atom. The molecular formula is C16H20F3NO3S. The number of halogens is 3. The monoisotopic (exact) mass is 363 g/mol. The van der Waals surface area contributed by atoms with Crippen LogP contribution in [-0.4, -0.2) is 37.2 Å². The van der Waals surface area contributed by atoms with Crippen molar-refractivity contribution in [2.45, 2.75) is 44.4 Å². The van der Waals surface area contributed by atoms with E-state index in [-0.39, 0.29) is 36.1 Å². The maximum atomic E-state index is 12.8. The maximum absolute atomic E-state index is 12.8. The summed E-state index contributed by atoms with van der Waals surface area (Å²) in [6.45, 7) is 1.69. The number of fused-ring (bicyclic) bond motifs is 2. The van der Waals surface area contributed by atoms with Crippen LogP contribution >= 0.6 is 0 Å². The third-order valence-corrected chi connectivity index (χ3v) is 6.89. The second-order valence-electron chi connectivity index (χ2n) is 6.36. The van der Waals surface area contributed by atoms with Crippen LogP contribution in [0.25, 0.3) is 0 Å². The molecule has 0 unspecified atom stereocenters. The van der Waals surface area contributed by atoms with Crippen molar-refractivity contribution in [3.63, 3.8) is 0 Å². The van der Waals surface area contributed by atoms with Crippen LogP contribution in [-0.2, 0) is 16.2 Å². The summed E-state index contributed by atoms with van der Waals surface area (Å²) in [6.07, 6.45) is -1.82. The molecule has 1 aromatic rings. The molecule has 2 bridgehead atoms. The molecule has 24 heavy (non-hydrogen) atoms. The Bertz CT molecular complexity index is 705. The van der Waals surface area contributed by atoms with Crippen molar-refractivity contribution in [2.75, 3.05) is 12.4 Å². The molecule has 1 aromatic carbocycles. The number of alkyl halides is 3. The molecule has 0 N–H and O–H groups in total. The smallest absolute Gasteiger partial charge is 0.416 e. The fourth-order valence-corrected chi connectivity index (χ4v) is 5.38. The first kappa shape index (κ1) is 17.5. The van der Waals surface area contributed by atoms with Crippen LogP contribution < -0.4 is 4.74 Å². The first-order chi connectivity index (χ1) is 11.2. The molecule has 0 aromatic heterocycles. The highest BCUT2D eigenvalue weighted by Gasteiger charge is 2.50. The number of ether oxygens (including phenoxy) is 1. The van der Waals surface area contributed by atoms with E-state index in [0.29, 0.717) is 0 Å². The molecule has 0 spiro atoms. The van der Waals surface area contributed by atoms with Gasteiger partial charge < -0.3 is 4.74 Å². The van der Waals surface area contributed by atoms with Crippen LogP contribution in [0, 0.1) is 5.92 Å². The molecule has 0 radical (unpaired) electrons. The molecule has 2 aliphatic rings. The van der Waals surface area contributed by atoms with Gasteiger partial charge in [0.25, 0.3) is 0 Å². The summed E-state index contributed by atoms with van der Waals surface area (Å²) in [5.41, 5.74) is -0.772. The van der Waals surface area contributed by atoms with Crippen molar-refractivity contribution in [1.82, 2.24) is 4.31 Å². The van der Waals surface area contributed by atoms with Crippen molar-refractivity contribution in [2.24, 2.45) is 5.92 Å². The molecule has 3 atom stereocenters. The highest BCUT2D eigenvalue weighted by atomic mass is 32.2. The van der Waals surface area contributed by atoms with E-state index in [9.17, 15) is 21.6 Å². The average Bonchev–Trinajstić information content (AvgIpc) is 3.13. The van der Waals surface area contributed by atoms with Crippen LogP contribution in [0.15, 0.2) is 24.3 Å². The quantitative estimate of drug-likeness (QED) is 0.807. The summed E-state index contributed by atoms with van der Waals surface area (Å²) in [6, 6.07) is 4.41. The van der Waals surface area contributed by atoms with Gasteiger partial charge in [-0.25, -0.2) is 8.42 Å². The fraction of sp³-hybridized carbons (Fsp3) is 0.625. The molecule has 3 rings (SSSR count). The second kappa shape index (κ2) is 6.22. The van der Waals surface area contributed by atoms with E-state index in [2.05, 4.69) is 0 Å². The number of hydrogen-bond acceptors (Lipinski definition) is 3. The Morgan fingerprint density at radius 2 is 2.04 bits per heavy atom. The standard InChI is InChI=1S/C16H20F3NO3S/c1-2-24(21,22)20-13-7-6-11(8-13)15(20)10-23-14-5-3-4-12(9-14)16(17,18)19/h3-5,9,11,13,15H,2,6-8,10H2,1H3/t11-,13-,15-/m0/s1. The van der Waals surface area contributed by atoms with Crippen LogP contribution in [0.4, 0.5) is 13.2 Å². The van der Waals surface area contributed by atoms with Gasteiger partial charge in [-0.15, -0.1) is 0 Å². The summed E-state index contributed by atoms with van der Waals surface area (Å²) in [5, 5.41) is 0. The van der Waals surface area contributed by atoms with Gasteiger partial charge in [0, 0.05) is 6.04 Å². The fourth-order valence-electron chi connectivity index (χ4n) is 3.79. The maximum Gasteiger partial charge on any atom is 0.416 e. The Balaban J connectivity index is 1.74. The van der Waals surface area contributed by atoms with Crippen LogP contribution in [0.5, 0.6) is 5.75 Å². The predicted molar refractivity (Wildman–Crippen MR) is 83.2 cm³/mol. The molecule has 1 saturated heterocycles. The Morgan fingerprint density at radius 1 is 1.29 bits per heavy atom. The number of sulfonamides is 1. The molecule has 0 amide bonds. The van der Waals surface area contributed by atoms with Gasteiger partial charge in [0.05, 0.1) is 17.4 Å². The van der Waals surface area contributed by atoms with Gasteiger partial charge in [0.15, 0.2) is 0 Å². The molecular weight excluding hydrogens is 343 g/mol. The topological polar surface area (TPSA) is 46.6 Å². The Labute approximate surface area is 139 Å². The van der Waals surface area contributed by atoms with Crippen molar-refractivity contribution in [1.29, 1.82) is 0 Å². The summed E-state index contributed by atoms with van der Waals surface area (Å²) in [7, 11) is -3.34. The number of nitrogens with zero attached hydrogens (tertiary/aromatic N) is 1. The third-order valence-electron chi connectivity index (χ3n) is 4.94. The number of rotatable bonds is 5. The number of hydrogen-bond donors (Lipinski definition) is 0. The summed E-state index contributed by atoms with van der Waals surface area (Å²) < 4.78 is 70.0. The minimum Gasteiger partial charge on any atom is -0.492 e. The van der Waals surface area contributed by atoms with Crippen molar-refractivity contribution < 1.29 is 26.3 Å². The van der Waals surface area contributed by atoms with Gasteiger partial charge >= 0.3 is 6.18 Å². The van der Waals surface area contributed by atoms with E-state index >= 15 is 0 Å². The van der Waals surface area contributed by atoms with E-state index < -0.39 is 21.8 Å². The lowest BCUT2D eigenvalue weighted by Gasteiger charge is -2.33. The highest BCUT2D eigenvalue weighted by Crippen LogP contribution is 2.44. The van der Waals surface area contributed by atoms with E-state index in [0.717, 1.165) is 31.4 Å². The molecule has 1 heterocycles. The minimum atomic E-state index is -4.43. The average molecular weight is 363 g/mol. The van der Waals surface area contributed by atoms with Gasteiger partial charge in [-0.2, -0.15) is 17.5 Å². The third kappa shape index (κ3) is 3.26. The molecule has 8 heteroatoms. The van der Waals surface area contributed by atoms with Crippen molar-refractivity contribution >= 4 is 10.0 Å². The summed E-state index contributed by atoms with van der Waals surface area (Å²) in [4.78, 5) is 0. The number of benzene rings is 1. The lowest BCUT2D eigenvalue weighted by atomic mass is 10.0. The molecule has 134 valence electrons. The van der Waals surface area contributed by atoms with Gasteiger partial charge in [0.1, 0.15) is 12.4 Å². The molecule has 2 fully saturated rings. The van der Waals surface area contributed by atoms with Crippen LogP contribution in [0.2, 0.25) is 0 Å². The predicted octanol–water partition coefficient (Wildman–Crippen LogP) is 3.29. The Kier molecular flexibility index (Phi) is 4.55. The molecule has 4 nitrogen and oxygen atoms in total. The van der Waals surface area contributed by atoms with Crippen molar-refractivity contribution in [3.05, 3.63) is 29.8 Å². The van der Waals surface area contributed by atoms with Gasteiger partial charge in [-0.3, -0.25) is 0 Å². The largest absolute Gasteiger partial charge is 0.492 e. The van der Waals surface area contributed by atoms with E-state index in [4.69, 9.17) is 4.74 Å². The zero-order valence-electron chi connectivity index (χ0n) is 13.3. The van der Waals surface area contributed by atoms with Gasteiger partial charge in [0.2, 0.25) is 10.0 Å². The van der Waals surface area contributed by atoms with Gasteiger partial charge in [-0.05, 0) is 50.3 Å². The highest BCUT2D eigenvalue weighted by molar-refractivity contribution is 7.89. The Hall–Kier alpha value is -1.28. The normalized spacial score (nSPS) is 27.6. The summed E-state index contributed by atoms with van der Waals surface area (Å²) >= 11 is 0. The lowest BCUT2D eigenvalue weighted by molar-refractivity contribution is -0.137. The molecule has 1 aliphatic carbocycles. The van der Waals surface area contributed by atoms with E-state index in [1.165, 1.54) is 16.4 Å². The molecule has 1 aliphatic heterocycles. The second-order valence-corrected chi connectivity index (χ2v) is 8.52. The summed E-state index contributed by atoms with van der Waals surface area (Å²) in [5.74, 6) is 0.361. The lowest BCUT2D eigenvalue weighted by Crippen LogP contribution is -2.48.